The van der Waals surface area contributed by atoms with Crippen LogP contribution < -0.4 is 11.1 Å². The summed E-state index contributed by atoms with van der Waals surface area (Å²) in [6.07, 6.45) is 1.99. The van der Waals surface area contributed by atoms with Gasteiger partial charge in [-0.3, -0.25) is 4.79 Å². The number of hydrogen-bond acceptors (Lipinski definition) is 3. The largest absolute Gasteiger partial charge is 0.330 e. The van der Waals surface area contributed by atoms with E-state index in [4.69, 9.17) is 17.3 Å². The van der Waals surface area contributed by atoms with Gasteiger partial charge in [0.1, 0.15) is 5.82 Å². The second-order valence-electron chi connectivity index (χ2n) is 3.73. The first-order valence-electron chi connectivity index (χ1n) is 5.66. The van der Waals surface area contributed by atoms with E-state index < -0.39 is 5.82 Å². The van der Waals surface area contributed by atoms with Crippen molar-refractivity contribution in [1.82, 2.24) is 0 Å². The molecule has 1 amide bonds. The van der Waals surface area contributed by atoms with Gasteiger partial charge in [0, 0.05) is 5.69 Å². The van der Waals surface area contributed by atoms with Gasteiger partial charge in [0.25, 0.3) is 0 Å². The molecule has 0 unspecified atom stereocenters. The molecule has 1 aromatic rings. The molecule has 3 nitrogen and oxygen atoms in total. The number of amides is 1. The Morgan fingerprint density at radius 3 is 2.89 bits per heavy atom. The highest BCUT2D eigenvalue weighted by Crippen LogP contribution is 2.19. The van der Waals surface area contributed by atoms with Gasteiger partial charge in [0.15, 0.2) is 0 Å². The molecule has 0 spiro atoms. The van der Waals surface area contributed by atoms with Crippen LogP contribution in [0.2, 0.25) is 5.02 Å². The average molecular weight is 291 g/mol. The molecule has 0 aliphatic rings. The molecule has 0 saturated heterocycles. The van der Waals surface area contributed by atoms with E-state index in [9.17, 15) is 9.18 Å². The van der Waals surface area contributed by atoms with Gasteiger partial charge in [-0.05, 0) is 43.3 Å². The van der Waals surface area contributed by atoms with Crippen LogP contribution in [0.5, 0.6) is 0 Å². The Bertz CT molecular complexity index is 404. The van der Waals surface area contributed by atoms with Crippen LogP contribution in [0.3, 0.4) is 0 Å². The second-order valence-corrected chi connectivity index (χ2v) is 5.24. The van der Waals surface area contributed by atoms with Crippen molar-refractivity contribution in [3.8, 4) is 0 Å². The predicted octanol–water partition coefficient (Wildman–Crippen LogP) is 2.89. The van der Waals surface area contributed by atoms with Gasteiger partial charge in [-0.1, -0.05) is 11.6 Å². The fourth-order valence-electron chi connectivity index (χ4n) is 1.28. The molecular weight excluding hydrogens is 275 g/mol. The molecule has 0 radical (unpaired) electrons. The first kappa shape index (κ1) is 15.3. The van der Waals surface area contributed by atoms with Gasteiger partial charge in [0.05, 0.1) is 10.8 Å². The van der Waals surface area contributed by atoms with Crippen molar-refractivity contribution < 1.29 is 9.18 Å². The molecule has 18 heavy (non-hydrogen) atoms. The topological polar surface area (TPSA) is 55.1 Å². The van der Waals surface area contributed by atoms with Gasteiger partial charge in [-0.15, -0.1) is 0 Å². The van der Waals surface area contributed by atoms with E-state index in [1.165, 1.54) is 18.2 Å². The van der Waals surface area contributed by atoms with Crippen LogP contribution in [0, 0.1) is 5.82 Å². The maximum Gasteiger partial charge on any atom is 0.234 e. The third-order valence-corrected chi connectivity index (χ3v) is 3.51. The van der Waals surface area contributed by atoms with Crippen LogP contribution >= 0.6 is 23.4 Å². The van der Waals surface area contributed by atoms with Gasteiger partial charge >= 0.3 is 0 Å². The molecule has 3 N–H and O–H groups in total. The number of unbranched alkanes of at least 4 members (excludes halogenated alkanes) is 1. The van der Waals surface area contributed by atoms with Crippen molar-refractivity contribution in [2.45, 2.75) is 12.8 Å². The highest BCUT2D eigenvalue weighted by atomic mass is 35.5. The van der Waals surface area contributed by atoms with E-state index in [2.05, 4.69) is 5.32 Å². The van der Waals surface area contributed by atoms with E-state index in [1.807, 2.05) is 0 Å². The Morgan fingerprint density at radius 2 is 2.22 bits per heavy atom. The van der Waals surface area contributed by atoms with Gasteiger partial charge < -0.3 is 11.1 Å². The summed E-state index contributed by atoms with van der Waals surface area (Å²) >= 11 is 7.17. The summed E-state index contributed by atoms with van der Waals surface area (Å²) in [5, 5.41) is 2.67. The molecule has 0 heterocycles. The van der Waals surface area contributed by atoms with Gasteiger partial charge in [-0.25, -0.2) is 4.39 Å². The third kappa shape index (κ3) is 5.71. The summed E-state index contributed by atoms with van der Waals surface area (Å²) in [5.74, 6) is 0.676. The molecular formula is C12H16ClFN2OS. The van der Waals surface area contributed by atoms with E-state index in [1.54, 1.807) is 11.8 Å². The third-order valence-electron chi connectivity index (χ3n) is 2.18. The number of benzene rings is 1. The van der Waals surface area contributed by atoms with Crippen molar-refractivity contribution in [3.05, 3.63) is 29.0 Å². The Balaban J connectivity index is 2.29. The number of hydrogen-bond donors (Lipinski definition) is 2. The average Bonchev–Trinajstić information content (AvgIpc) is 2.34. The lowest BCUT2D eigenvalue weighted by Crippen LogP contribution is -2.14. The van der Waals surface area contributed by atoms with Crippen LogP contribution in [0.1, 0.15) is 12.8 Å². The zero-order valence-electron chi connectivity index (χ0n) is 9.92. The Morgan fingerprint density at radius 1 is 1.44 bits per heavy atom. The van der Waals surface area contributed by atoms with Crippen LogP contribution in [-0.4, -0.2) is 24.0 Å². The van der Waals surface area contributed by atoms with Crippen LogP contribution in [-0.2, 0) is 4.79 Å². The summed E-state index contributed by atoms with van der Waals surface area (Å²) < 4.78 is 12.9. The normalized spacial score (nSPS) is 10.4. The zero-order chi connectivity index (χ0) is 13.4. The van der Waals surface area contributed by atoms with E-state index in [-0.39, 0.29) is 10.9 Å². The lowest BCUT2D eigenvalue weighted by atomic mass is 10.3. The molecule has 6 heteroatoms. The number of thioether (sulfide) groups is 1. The lowest BCUT2D eigenvalue weighted by molar-refractivity contribution is -0.113. The van der Waals surface area contributed by atoms with Crippen molar-refractivity contribution in [3.63, 3.8) is 0 Å². The van der Waals surface area contributed by atoms with Crippen molar-refractivity contribution in [2.75, 3.05) is 23.4 Å². The molecule has 0 aromatic heterocycles. The molecule has 0 bridgehead atoms. The SMILES string of the molecule is NCCCCSCC(=O)Nc1ccc(F)c(Cl)c1. The molecule has 0 saturated carbocycles. The molecule has 0 fully saturated rings. The minimum Gasteiger partial charge on any atom is -0.330 e. The maximum atomic E-state index is 12.9. The minimum atomic E-state index is -0.495. The second kappa shape index (κ2) is 8.34. The molecule has 100 valence electrons. The molecule has 1 rings (SSSR count). The van der Waals surface area contributed by atoms with E-state index in [0.29, 0.717) is 18.0 Å². The number of carbonyl (C=O) groups is 1. The van der Waals surface area contributed by atoms with Crippen LogP contribution in [0.15, 0.2) is 18.2 Å². The van der Waals surface area contributed by atoms with Crippen molar-refractivity contribution >= 4 is 35.0 Å². The molecule has 0 atom stereocenters. The zero-order valence-corrected chi connectivity index (χ0v) is 11.5. The minimum absolute atomic E-state index is 0.00315. The van der Waals surface area contributed by atoms with Crippen molar-refractivity contribution in [2.24, 2.45) is 5.73 Å². The monoisotopic (exact) mass is 290 g/mol. The number of anilines is 1. The molecule has 0 aliphatic carbocycles. The van der Waals surface area contributed by atoms with E-state index in [0.717, 1.165) is 18.6 Å². The highest BCUT2D eigenvalue weighted by molar-refractivity contribution is 7.99. The summed E-state index contributed by atoms with van der Waals surface area (Å²) in [5.41, 5.74) is 5.88. The van der Waals surface area contributed by atoms with Gasteiger partial charge in [-0.2, -0.15) is 11.8 Å². The number of carbonyl (C=O) groups excluding carboxylic acids is 1. The van der Waals surface area contributed by atoms with E-state index >= 15 is 0 Å². The molecule has 0 aliphatic heterocycles. The number of nitrogens with two attached hydrogens (primary N) is 1. The number of halogens is 2. The summed E-state index contributed by atoms with van der Waals surface area (Å²) in [4.78, 5) is 11.5. The fourth-order valence-corrected chi connectivity index (χ4v) is 2.27. The van der Waals surface area contributed by atoms with Gasteiger partial charge in [0.2, 0.25) is 5.91 Å². The summed E-state index contributed by atoms with van der Waals surface area (Å²) in [6.45, 7) is 0.681. The molecule has 1 aromatic carbocycles. The number of rotatable bonds is 7. The van der Waals surface area contributed by atoms with Crippen LogP contribution in [0.25, 0.3) is 0 Å². The Kier molecular flexibility index (Phi) is 7.08. The predicted molar refractivity (Wildman–Crippen MR) is 75.7 cm³/mol. The highest BCUT2D eigenvalue weighted by Gasteiger charge is 2.05. The Labute approximate surface area is 115 Å². The summed E-state index contributed by atoms with van der Waals surface area (Å²) in [7, 11) is 0. The summed E-state index contributed by atoms with van der Waals surface area (Å²) in [6, 6.07) is 4.11. The first-order valence-corrected chi connectivity index (χ1v) is 7.19. The maximum absolute atomic E-state index is 12.9. The Hall–Kier alpha value is -0.780. The first-order chi connectivity index (χ1) is 8.63. The van der Waals surface area contributed by atoms with Crippen molar-refractivity contribution in [1.29, 1.82) is 0 Å². The lowest BCUT2D eigenvalue weighted by Gasteiger charge is -2.05. The quantitative estimate of drug-likeness (QED) is 0.759. The fraction of sp³-hybridized carbons (Fsp3) is 0.417. The number of nitrogens with one attached hydrogen (secondary N) is 1. The standard InChI is InChI=1S/C12H16ClFN2OS/c13-10-7-9(3-4-11(10)14)16-12(17)8-18-6-2-1-5-15/h3-4,7H,1-2,5-6,8,15H2,(H,16,17). The smallest absolute Gasteiger partial charge is 0.234 e. The van der Waals surface area contributed by atoms with Crippen LogP contribution in [0.4, 0.5) is 10.1 Å².